The van der Waals surface area contributed by atoms with Gasteiger partial charge in [0.15, 0.2) is 0 Å². The molecule has 0 atom stereocenters. The predicted molar refractivity (Wildman–Crippen MR) is 103 cm³/mol. The van der Waals surface area contributed by atoms with Crippen molar-refractivity contribution < 1.29 is 4.79 Å². The molecule has 128 valence electrons. The molecular formula is C20H15ClN4O. The van der Waals surface area contributed by atoms with Crippen molar-refractivity contribution in [3.63, 3.8) is 0 Å². The molecule has 0 fully saturated rings. The van der Waals surface area contributed by atoms with Crippen LogP contribution in [-0.4, -0.2) is 20.4 Å². The van der Waals surface area contributed by atoms with E-state index in [1.54, 1.807) is 18.3 Å². The lowest BCUT2D eigenvalue weighted by Gasteiger charge is -2.08. The first-order valence-electron chi connectivity index (χ1n) is 8.10. The zero-order chi connectivity index (χ0) is 18.1. The van der Waals surface area contributed by atoms with Crippen molar-refractivity contribution in [1.29, 1.82) is 0 Å². The Morgan fingerprint density at radius 3 is 2.65 bits per heavy atom. The molecule has 0 aliphatic rings. The van der Waals surface area contributed by atoms with E-state index in [0.717, 1.165) is 22.5 Å². The first-order chi connectivity index (χ1) is 12.6. The second-order valence-corrected chi connectivity index (χ2v) is 6.19. The molecule has 2 aromatic carbocycles. The number of carbonyl (C=O) groups excluding carboxylic acids is 1. The Morgan fingerprint density at radius 1 is 1.08 bits per heavy atom. The molecule has 2 heterocycles. The molecule has 4 rings (SSSR count). The highest BCUT2D eigenvalue weighted by atomic mass is 35.5. The molecule has 0 saturated heterocycles. The third-order valence-corrected chi connectivity index (χ3v) is 4.40. The molecule has 2 aromatic heterocycles. The largest absolute Gasteiger partial charge is 0.322 e. The van der Waals surface area contributed by atoms with E-state index in [4.69, 9.17) is 11.6 Å². The van der Waals surface area contributed by atoms with E-state index in [1.807, 2.05) is 55.5 Å². The first kappa shape index (κ1) is 16.3. The molecule has 1 amide bonds. The second kappa shape index (κ2) is 6.61. The maximum Gasteiger partial charge on any atom is 0.258 e. The van der Waals surface area contributed by atoms with Crippen molar-refractivity contribution >= 4 is 34.2 Å². The Hall–Kier alpha value is -3.18. The number of hydrogen-bond donors (Lipinski definition) is 1. The van der Waals surface area contributed by atoms with Crippen LogP contribution in [0.3, 0.4) is 0 Å². The van der Waals surface area contributed by atoms with Gasteiger partial charge in [0.25, 0.3) is 5.91 Å². The Balaban J connectivity index is 1.69. The summed E-state index contributed by atoms with van der Waals surface area (Å²) >= 11 is 5.98. The van der Waals surface area contributed by atoms with Crippen LogP contribution in [0.15, 0.2) is 66.9 Å². The Morgan fingerprint density at radius 2 is 1.88 bits per heavy atom. The van der Waals surface area contributed by atoms with Gasteiger partial charge < -0.3 is 5.32 Å². The monoisotopic (exact) mass is 362 g/mol. The number of pyridine rings is 1. The first-order valence-corrected chi connectivity index (χ1v) is 8.47. The summed E-state index contributed by atoms with van der Waals surface area (Å²) in [6.45, 7) is 1.96. The number of fused-ring (bicyclic) bond motifs is 1. The number of aryl methyl sites for hydroxylation is 1. The van der Waals surface area contributed by atoms with E-state index >= 15 is 0 Å². The summed E-state index contributed by atoms with van der Waals surface area (Å²) in [5, 5.41) is 3.02. The molecule has 4 aromatic rings. The zero-order valence-corrected chi connectivity index (χ0v) is 14.7. The molecule has 0 unspecified atom stereocenters. The third kappa shape index (κ3) is 2.93. The summed E-state index contributed by atoms with van der Waals surface area (Å²) in [6.07, 6.45) is 1.55. The molecule has 5 nitrogen and oxygen atoms in total. The van der Waals surface area contributed by atoms with Gasteiger partial charge in [-0.15, -0.1) is 0 Å². The van der Waals surface area contributed by atoms with Crippen LogP contribution in [0.5, 0.6) is 0 Å². The highest BCUT2D eigenvalue weighted by molar-refractivity contribution is 6.33. The SMILES string of the molecule is Cc1nc2cc(NC(=O)c3cccnc3Cl)ccc2n1-c1ccccc1. The summed E-state index contributed by atoms with van der Waals surface area (Å²) in [7, 11) is 0. The summed E-state index contributed by atoms with van der Waals surface area (Å²) in [4.78, 5) is 21.0. The topological polar surface area (TPSA) is 59.8 Å². The van der Waals surface area contributed by atoms with Crippen molar-refractivity contribution in [1.82, 2.24) is 14.5 Å². The molecule has 0 saturated carbocycles. The number of amides is 1. The van der Waals surface area contributed by atoms with Crippen molar-refractivity contribution in [3.8, 4) is 5.69 Å². The van der Waals surface area contributed by atoms with E-state index in [9.17, 15) is 4.79 Å². The number of anilines is 1. The fraction of sp³-hybridized carbons (Fsp3) is 0.0500. The predicted octanol–water partition coefficient (Wildman–Crippen LogP) is 4.63. The van der Waals surface area contributed by atoms with Gasteiger partial charge in [0, 0.05) is 17.6 Å². The lowest BCUT2D eigenvalue weighted by atomic mass is 10.2. The summed E-state index contributed by atoms with van der Waals surface area (Å²) < 4.78 is 2.08. The van der Waals surface area contributed by atoms with Crippen molar-refractivity contribution in [2.75, 3.05) is 5.32 Å². The van der Waals surface area contributed by atoms with Gasteiger partial charge in [-0.25, -0.2) is 9.97 Å². The van der Waals surface area contributed by atoms with Crippen LogP contribution < -0.4 is 5.32 Å². The van der Waals surface area contributed by atoms with Crippen molar-refractivity contribution in [3.05, 3.63) is 83.4 Å². The summed E-state index contributed by atoms with van der Waals surface area (Å²) in [6, 6.07) is 19.0. The van der Waals surface area contributed by atoms with Crippen molar-refractivity contribution in [2.45, 2.75) is 6.92 Å². The molecule has 0 spiro atoms. The Bertz CT molecular complexity index is 1110. The minimum atomic E-state index is -0.304. The number of rotatable bonds is 3. The molecule has 0 bridgehead atoms. The number of para-hydroxylation sites is 1. The molecule has 6 heteroatoms. The molecular weight excluding hydrogens is 348 g/mol. The lowest BCUT2D eigenvalue weighted by molar-refractivity contribution is 0.102. The highest BCUT2D eigenvalue weighted by Gasteiger charge is 2.13. The molecule has 0 aliphatic carbocycles. The maximum absolute atomic E-state index is 12.4. The minimum Gasteiger partial charge on any atom is -0.322 e. The summed E-state index contributed by atoms with van der Waals surface area (Å²) in [5.74, 6) is 0.576. The third-order valence-electron chi connectivity index (χ3n) is 4.10. The van der Waals surface area contributed by atoms with Gasteiger partial charge in [0.1, 0.15) is 11.0 Å². The summed E-state index contributed by atoms with van der Waals surface area (Å²) in [5.41, 5.74) is 3.82. The normalized spacial score (nSPS) is 10.8. The van der Waals surface area contributed by atoms with Gasteiger partial charge in [-0.1, -0.05) is 29.8 Å². The Labute approximate surface area is 155 Å². The smallest absolute Gasteiger partial charge is 0.258 e. The number of aromatic nitrogens is 3. The van der Waals surface area contributed by atoms with E-state index in [-0.39, 0.29) is 11.1 Å². The van der Waals surface area contributed by atoms with Gasteiger partial charge in [-0.2, -0.15) is 0 Å². The van der Waals surface area contributed by atoms with E-state index in [1.165, 1.54) is 0 Å². The van der Waals surface area contributed by atoms with Crippen LogP contribution in [0.1, 0.15) is 16.2 Å². The number of nitrogens with one attached hydrogen (secondary N) is 1. The van der Waals surface area contributed by atoms with Crippen LogP contribution in [0.2, 0.25) is 5.15 Å². The van der Waals surface area contributed by atoms with Gasteiger partial charge >= 0.3 is 0 Å². The lowest BCUT2D eigenvalue weighted by Crippen LogP contribution is -2.12. The van der Waals surface area contributed by atoms with Crippen molar-refractivity contribution in [2.24, 2.45) is 0 Å². The van der Waals surface area contributed by atoms with E-state index in [2.05, 4.69) is 19.9 Å². The second-order valence-electron chi connectivity index (χ2n) is 5.83. The van der Waals surface area contributed by atoms with Crippen LogP contribution in [-0.2, 0) is 0 Å². The number of carbonyl (C=O) groups is 1. The fourth-order valence-corrected chi connectivity index (χ4v) is 3.14. The van der Waals surface area contributed by atoms with Crippen LogP contribution in [0.25, 0.3) is 16.7 Å². The fourth-order valence-electron chi connectivity index (χ4n) is 2.94. The number of benzene rings is 2. The van der Waals surface area contributed by atoms with Gasteiger partial charge in [0.2, 0.25) is 0 Å². The minimum absolute atomic E-state index is 0.176. The van der Waals surface area contributed by atoms with Gasteiger partial charge in [-0.3, -0.25) is 9.36 Å². The quantitative estimate of drug-likeness (QED) is 0.540. The molecule has 0 radical (unpaired) electrons. The molecule has 1 N–H and O–H groups in total. The average Bonchev–Trinajstić information content (AvgIpc) is 2.97. The standard InChI is InChI=1S/C20H15ClN4O/c1-13-23-17-12-14(24-20(26)16-8-5-11-22-19(16)21)9-10-18(17)25(13)15-6-3-2-4-7-15/h2-12H,1H3,(H,24,26). The van der Waals surface area contributed by atoms with Gasteiger partial charge in [-0.05, 0) is 49.4 Å². The number of imidazole rings is 1. The number of hydrogen-bond acceptors (Lipinski definition) is 3. The van der Waals surface area contributed by atoms with E-state index in [0.29, 0.717) is 11.3 Å². The van der Waals surface area contributed by atoms with Gasteiger partial charge in [0.05, 0.1) is 16.6 Å². The highest BCUT2D eigenvalue weighted by Crippen LogP contribution is 2.24. The van der Waals surface area contributed by atoms with Crippen LogP contribution >= 0.6 is 11.6 Å². The van der Waals surface area contributed by atoms with Crippen LogP contribution in [0.4, 0.5) is 5.69 Å². The Kier molecular flexibility index (Phi) is 4.14. The average molecular weight is 363 g/mol. The molecule has 26 heavy (non-hydrogen) atoms. The maximum atomic E-state index is 12.4. The number of halogens is 1. The number of nitrogens with zero attached hydrogens (tertiary/aromatic N) is 3. The van der Waals surface area contributed by atoms with Crippen LogP contribution in [0, 0.1) is 6.92 Å². The molecule has 0 aliphatic heterocycles. The van der Waals surface area contributed by atoms with E-state index < -0.39 is 0 Å². The zero-order valence-electron chi connectivity index (χ0n) is 14.0.